The molecule has 1 heterocycles. The molecule has 0 aliphatic carbocycles. The molecule has 0 radical (unpaired) electrons. The van der Waals surface area contributed by atoms with E-state index >= 15 is 0 Å². The van der Waals surface area contributed by atoms with Crippen molar-refractivity contribution < 1.29 is 9.59 Å². The molecule has 2 N–H and O–H groups in total. The lowest BCUT2D eigenvalue weighted by molar-refractivity contribution is -0.118. The minimum atomic E-state index is -0.182. The minimum absolute atomic E-state index is 0.0283. The van der Waals surface area contributed by atoms with Crippen molar-refractivity contribution >= 4 is 23.2 Å². The number of rotatable bonds is 6. The smallest absolute Gasteiger partial charge is 0.248 e. The molecule has 5 nitrogen and oxygen atoms in total. The number of likely N-dealkylation sites (N-methyl/N-ethyl adjacent to an activating group) is 1. The monoisotopic (exact) mass is 379 g/mol. The molecule has 148 valence electrons. The van der Waals surface area contributed by atoms with Crippen LogP contribution in [-0.2, 0) is 16.0 Å². The zero-order valence-electron chi connectivity index (χ0n) is 16.7. The summed E-state index contributed by atoms with van der Waals surface area (Å²) in [4.78, 5) is 28.3. The summed E-state index contributed by atoms with van der Waals surface area (Å²) >= 11 is 0. The highest BCUT2D eigenvalue weighted by Gasteiger charge is 2.20. The van der Waals surface area contributed by atoms with E-state index in [0.717, 1.165) is 42.6 Å². The lowest BCUT2D eigenvalue weighted by Crippen LogP contribution is -2.27. The van der Waals surface area contributed by atoms with Gasteiger partial charge < -0.3 is 10.6 Å². The summed E-state index contributed by atoms with van der Waals surface area (Å²) < 4.78 is 0. The molecule has 0 aromatic heterocycles. The number of primary amides is 1. The van der Waals surface area contributed by atoms with Gasteiger partial charge in [-0.15, -0.1) is 0 Å². The number of hydrogen-bond acceptors (Lipinski definition) is 3. The highest BCUT2D eigenvalue weighted by Crippen LogP contribution is 2.24. The van der Waals surface area contributed by atoms with Crippen LogP contribution in [0.15, 0.2) is 59.6 Å². The van der Waals surface area contributed by atoms with Gasteiger partial charge in [-0.3, -0.25) is 14.6 Å². The number of para-hydroxylation sites is 1. The van der Waals surface area contributed by atoms with Crippen LogP contribution in [0.5, 0.6) is 0 Å². The van der Waals surface area contributed by atoms with Crippen LogP contribution in [0.25, 0.3) is 0 Å². The van der Waals surface area contributed by atoms with Gasteiger partial charge in [0.25, 0.3) is 0 Å². The van der Waals surface area contributed by atoms with Crippen LogP contribution in [0.1, 0.15) is 43.7 Å². The van der Waals surface area contributed by atoms with E-state index in [0.29, 0.717) is 6.42 Å². The molecule has 0 spiro atoms. The van der Waals surface area contributed by atoms with Crippen LogP contribution in [0, 0.1) is 0 Å². The van der Waals surface area contributed by atoms with Crippen LogP contribution in [0.3, 0.4) is 0 Å². The van der Waals surface area contributed by atoms with E-state index in [4.69, 9.17) is 5.73 Å². The number of benzodiazepines with no additional fused rings is 1. The molecule has 3 rings (SSSR count). The predicted octanol–water partition coefficient (Wildman–Crippen LogP) is 3.75. The van der Waals surface area contributed by atoms with Crippen molar-refractivity contribution in [1.29, 1.82) is 0 Å². The molecule has 1 aliphatic rings. The summed E-state index contributed by atoms with van der Waals surface area (Å²) in [5.41, 5.74) is 9.06. The van der Waals surface area contributed by atoms with Gasteiger partial charge in [-0.25, -0.2) is 0 Å². The number of carbonyl (C=O) groups is 2. The Morgan fingerprint density at radius 3 is 2.43 bits per heavy atom. The Labute approximate surface area is 167 Å². The Hall–Kier alpha value is -2.95. The maximum atomic E-state index is 12.0. The van der Waals surface area contributed by atoms with E-state index in [1.54, 1.807) is 4.90 Å². The summed E-state index contributed by atoms with van der Waals surface area (Å²) in [6.45, 7) is 2.31. The molecule has 1 aliphatic heterocycles. The molecule has 0 bridgehead atoms. The SMILES string of the molecule is CCCCCC(N)=O.CN1C(=O)CN=C(Cc2ccccc2)c2ccccc21. The molecule has 2 aromatic rings. The largest absolute Gasteiger partial charge is 0.370 e. The van der Waals surface area contributed by atoms with E-state index in [1.165, 1.54) is 5.56 Å². The summed E-state index contributed by atoms with van der Waals surface area (Å²) in [5.74, 6) is -0.154. The standard InChI is InChI=1S/C17H16N2O.C6H13NO/c1-19-16-10-6-5-9-14(16)15(18-12-17(19)20)11-13-7-3-2-4-8-13;1-2-3-4-5-6(7)8/h2-10H,11-12H2,1H3;2-5H2,1H3,(H2,7,8). The Morgan fingerprint density at radius 2 is 1.75 bits per heavy atom. The first-order valence-electron chi connectivity index (χ1n) is 9.74. The Bertz CT molecular complexity index is 816. The number of nitrogens with two attached hydrogens (primary N) is 1. The van der Waals surface area contributed by atoms with Crippen molar-refractivity contribution in [3.63, 3.8) is 0 Å². The normalized spacial score (nSPS) is 13.0. The number of anilines is 1. The second kappa shape index (κ2) is 11.0. The van der Waals surface area contributed by atoms with Crippen LogP contribution < -0.4 is 10.6 Å². The lowest BCUT2D eigenvalue weighted by atomic mass is 10.0. The lowest BCUT2D eigenvalue weighted by Gasteiger charge is -2.17. The second-order valence-electron chi connectivity index (χ2n) is 6.82. The zero-order chi connectivity index (χ0) is 20.4. The summed E-state index contributed by atoms with van der Waals surface area (Å²) in [6.07, 6.45) is 4.51. The fourth-order valence-electron chi connectivity index (χ4n) is 2.99. The third kappa shape index (κ3) is 6.34. The van der Waals surface area contributed by atoms with Crippen molar-refractivity contribution in [2.75, 3.05) is 18.5 Å². The van der Waals surface area contributed by atoms with Gasteiger partial charge in [0.15, 0.2) is 0 Å². The molecule has 28 heavy (non-hydrogen) atoms. The van der Waals surface area contributed by atoms with E-state index in [1.807, 2.05) is 49.5 Å². The molecule has 2 aromatic carbocycles. The van der Waals surface area contributed by atoms with Gasteiger partial charge in [-0.1, -0.05) is 68.3 Å². The summed E-state index contributed by atoms with van der Waals surface area (Å²) in [7, 11) is 1.81. The van der Waals surface area contributed by atoms with Crippen molar-refractivity contribution in [1.82, 2.24) is 0 Å². The highest BCUT2D eigenvalue weighted by atomic mass is 16.2. The Kier molecular flexibility index (Phi) is 8.40. The molecule has 0 unspecified atom stereocenters. The Morgan fingerprint density at radius 1 is 1.07 bits per heavy atom. The van der Waals surface area contributed by atoms with Crippen molar-refractivity contribution in [2.45, 2.75) is 39.0 Å². The number of aliphatic imine (C=N–C) groups is 1. The number of fused-ring (bicyclic) bond motifs is 1. The fourth-order valence-corrected chi connectivity index (χ4v) is 2.99. The van der Waals surface area contributed by atoms with Gasteiger partial charge in [0.05, 0.1) is 5.69 Å². The van der Waals surface area contributed by atoms with Gasteiger partial charge >= 0.3 is 0 Å². The van der Waals surface area contributed by atoms with Crippen molar-refractivity contribution in [3.8, 4) is 0 Å². The predicted molar refractivity (Wildman–Crippen MR) is 115 cm³/mol. The van der Waals surface area contributed by atoms with Crippen LogP contribution in [0.4, 0.5) is 5.69 Å². The first-order valence-corrected chi connectivity index (χ1v) is 9.74. The Balaban J connectivity index is 0.000000300. The van der Waals surface area contributed by atoms with Gasteiger partial charge in [0.2, 0.25) is 11.8 Å². The molecule has 0 atom stereocenters. The number of benzene rings is 2. The van der Waals surface area contributed by atoms with Gasteiger partial charge in [0, 0.05) is 31.2 Å². The summed E-state index contributed by atoms with van der Waals surface area (Å²) in [5, 5.41) is 0. The maximum absolute atomic E-state index is 12.0. The van der Waals surface area contributed by atoms with E-state index in [9.17, 15) is 9.59 Å². The number of amides is 2. The van der Waals surface area contributed by atoms with Crippen LogP contribution in [-0.4, -0.2) is 31.1 Å². The van der Waals surface area contributed by atoms with E-state index in [2.05, 4.69) is 24.0 Å². The fraction of sp³-hybridized carbons (Fsp3) is 0.348. The minimum Gasteiger partial charge on any atom is -0.370 e. The van der Waals surface area contributed by atoms with Crippen molar-refractivity contribution in [2.24, 2.45) is 10.7 Å². The molecule has 2 amide bonds. The number of unbranched alkanes of at least 4 members (excludes halogenated alkanes) is 2. The first-order chi connectivity index (χ1) is 13.5. The number of hydrogen-bond donors (Lipinski definition) is 1. The molecular weight excluding hydrogens is 350 g/mol. The van der Waals surface area contributed by atoms with E-state index < -0.39 is 0 Å². The third-order valence-electron chi connectivity index (χ3n) is 4.60. The topological polar surface area (TPSA) is 75.8 Å². The van der Waals surface area contributed by atoms with Crippen LogP contribution >= 0.6 is 0 Å². The highest BCUT2D eigenvalue weighted by molar-refractivity contribution is 6.12. The van der Waals surface area contributed by atoms with Crippen LogP contribution in [0.2, 0.25) is 0 Å². The van der Waals surface area contributed by atoms with E-state index in [-0.39, 0.29) is 18.4 Å². The van der Waals surface area contributed by atoms with Crippen molar-refractivity contribution in [3.05, 3.63) is 65.7 Å². The average molecular weight is 380 g/mol. The molecular formula is C23H29N3O2. The van der Waals surface area contributed by atoms with Gasteiger partial charge in [0.1, 0.15) is 6.54 Å². The quantitative estimate of drug-likeness (QED) is 0.776. The molecule has 0 saturated carbocycles. The zero-order valence-corrected chi connectivity index (χ0v) is 16.7. The van der Waals surface area contributed by atoms with Gasteiger partial charge in [-0.05, 0) is 18.1 Å². The summed E-state index contributed by atoms with van der Waals surface area (Å²) in [6, 6.07) is 18.2. The third-order valence-corrected chi connectivity index (χ3v) is 4.60. The number of nitrogens with zero attached hydrogens (tertiary/aromatic N) is 2. The number of carbonyl (C=O) groups excluding carboxylic acids is 2. The molecule has 0 saturated heterocycles. The second-order valence-corrected chi connectivity index (χ2v) is 6.82. The first kappa shape index (κ1) is 21.4. The molecule has 0 fully saturated rings. The maximum Gasteiger partial charge on any atom is 0.248 e. The van der Waals surface area contributed by atoms with Gasteiger partial charge in [-0.2, -0.15) is 0 Å². The molecule has 5 heteroatoms. The average Bonchev–Trinajstić information content (AvgIpc) is 2.82.